The highest BCUT2D eigenvalue weighted by molar-refractivity contribution is 5.80. The van der Waals surface area contributed by atoms with Gasteiger partial charge in [-0.1, -0.05) is 12.1 Å². The Bertz CT molecular complexity index is 347. The Labute approximate surface area is 96.4 Å². The lowest BCUT2D eigenvalue weighted by Gasteiger charge is -2.17. The van der Waals surface area contributed by atoms with E-state index in [0.717, 1.165) is 18.3 Å². The molecule has 0 radical (unpaired) electrons. The number of carbonyl (C=O) groups is 1. The minimum atomic E-state index is 0.0414. The van der Waals surface area contributed by atoms with Gasteiger partial charge in [0.15, 0.2) is 6.29 Å². The molecule has 0 aliphatic heterocycles. The van der Waals surface area contributed by atoms with E-state index in [1.54, 1.807) is 13.2 Å². The zero-order chi connectivity index (χ0) is 12.0. The van der Waals surface area contributed by atoms with Crippen molar-refractivity contribution in [2.24, 2.45) is 0 Å². The lowest BCUT2D eigenvalue weighted by molar-refractivity contribution is 0.110. The van der Waals surface area contributed by atoms with Crippen molar-refractivity contribution in [3.8, 4) is 5.75 Å². The van der Waals surface area contributed by atoms with Gasteiger partial charge in [-0.15, -0.1) is 0 Å². The second kappa shape index (κ2) is 6.28. The van der Waals surface area contributed by atoms with Gasteiger partial charge in [0.25, 0.3) is 0 Å². The van der Waals surface area contributed by atoms with Gasteiger partial charge in [-0.05, 0) is 25.5 Å². The molecule has 3 nitrogen and oxygen atoms in total. The third-order valence-corrected chi connectivity index (χ3v) is 2.42. The summed E-state index contributed by atoms with van der Waals surface area (Å²) in [6, 6.07) is 5.55. The second-order valence-corrected chi connectivity index (χ2v) is 3.82. The Hall–Kier alpha value is -1.35. The van der Waals surface area contributed by atoms with Crippen LogP contribution in [0.25, 0.3) is 0 Å². The summed E-state index contributed by atoms with van der Waals surface area (Å²) in [6.45, 7) is 4.56. The van der Waals surface area contributed by atoms with Crippen LogP contribution in [-0.4, -0.2) is 26.1 Å². The summed E-state index contributed by atoms with van der Waals surface area (Å²) in [7, 11) is 1.66. The molecular weight excluding hydrogens is 204 g/mol. The average molecular weight is 222 g/mol. The van der Waals surface area contributed by atoms with E-state index in [1.165, 1.54) is 0 Å². The quantitative estimate of drug-likeness (QED) is 0.694. The summed E-state index contributed by atoms with van der Waals surface area (Å²) in [5.74, 6) is 0.682. The molecule has 0 saturated carbocycles. The van der Waals surface area contributed by atoms with E-state index in [9.17, 15) is 4.79 Å². The zero-order valence-corrected chi connectivity index (χ0v) is 10.0. The third kappa shape index (κ3) is 3.35. The van der Waals surface area contributed by atoms with Gasteiger partial charge in [0.2, 0.25) is 0 Å². The van der Waals surface area contributed by atoms with Gasteiger partial charge in [0.1, 0.15) is 5.75 Å². The lowest BCUT2D eigenvalue weighted by atomic mass is 10.1. The van der Waals surface area contributed by atoms with Gasteiger partial charge in [-0.3, -0.25) is 4.79 Å². The zero-order valence-electron chi connectivity index (χ0n) is 10.0. The van der Waals surface area contributed by atoms with Crippen LogP contribution in [0.4, 0.5) is 0 Å². The first-order valence-electron chi connectivity index (χ1n) is 5.39. The molecule has 0 amide bonds. The fraction of sp³-hybridized carbons (Fsp3) is 0.462. The molecule has 3 heteroatoms. The topological polar surface area (TPSA) is 35.5 Å². The lowest BCUT2D eigenvalue weighted by Crippen LogP contribution is -2.15. The van der Waals surface area contributed by atoms with Crippen molar-refractivity contribution < 1.29 is 14.3 Å². The van der Waals surface area contributed by atoms with Gasteiger partial charge in [0, 0.05) is 20.1 Å². The summed E-state index contributed by atoms with van der Waals surface area (Å²) >= 11 is 0. The van der Waals surface area contributed by atoms with Gasteiger partial charge < -0.3 is 9.47 Å². The Morgan fingerprint density at radius 3 is 2.81 bits per heavy atom. The van der Waals surface area contributed by atoms with E-state index in [2.05, 4.69) is 0 Å². The maximum Gasteiger partial charge on any atom is 0.153 e. The predicted octanol–water partition coefficient (Wildman–Crippen LogP) is 2.61. The smallest absolute Gasteiger partial charge is 0.153 e. The fourth-order valence-electron chi connectivity index (χ4n) is 1.47. The average Bonchev–Trinajstić information content (AvgIpc) is 2.29. The monoisotopic (exact) mass is 222 g/mol. The van der Waals surface area contributed by atoms with Crippen LogP contribution in [-0.2, 0) is 4.74 Å². The molecule has 0 saturated heterocycles. The first-order valence-corrected chi connectivity index (χ1v) is 5.39. The molecule has 1 aromatic carbocycles. The highest BCUT2D eigenvalue weighted by Crippen LogP contribution is 2.23. The SMILES string of the molecule is COCCC(C)Oc1c(C)cccc1C=O. The molecule has 1 unspecified atom stereocenters. The number of ether oxygens (including phenoxy) is 2. The Kier molecular flexibility index (Phi) is 4.99. The van der Waals surface area contributed by atoms with Crippen molar-refractivity contribution in [1.82, 2.24) is 0 Å². The van der Waals surface area contributed by atoms with Gasteiger partial charge in [-0.2, -0.15) is 0 Å². The largest absolute Gasteiger partial charge is 0.490 e. The minimum absolute atomic E-state index is 0.0414. The van der Waals surface area contributed by atoms with Crippen LogP contribution in [0.2, 0.25) is 0 Å². The minimum Gasteiger partial charge on any atom is -0.490 e. The Morgan fingerprint density at radius 1 is 1.44 bits per heavy atom. The molecule has 1 atom stereocenters. The standard InChI is InChI=1S/C13H18O3/c1-10-5-4-6-12(9-14)13(10)16-11(2)7-8-15-3/h4-6,9,11H,7-8H2,1-3H3. The Morgan fingerprint density at radius 2 is 2.19 bits per heavy atom. The van der Waals surface area contributed by atoms with E-state index in [1.807, 2.05) is 26.0 Å². The van der Waals surface area contributed by atoms with Crippen LogP contribution >= 0.6 is 0 Å². The molecule has 1 aromatic rings. The first-order chi connectivity index (χ1) is 7.69. The van der Waals surface area contributed by atoms with Crippen LogP contribution < -0.4 is 4.74 Å². The molecule has 0 spiro atoms. The molecule has 0 heterocycles. The van der Waals surface area contributed by atoms with E-state index < -0.39 is 0 Å². The van der Waals surface area contributed by atoms with Crippen molar-refractivity contribution in [3.05, 3.63) is 29.3 Å². The van der Waals surface area contributed by atoms with Crippen LogP contribution in [0, 0.1) is 6.92 Å². The van der Waals surface area contributed by atoms with E-state index in [4.69, 9.17) is 9.47 Å². The van der Waals surface area contributed by atoms with Crippen LogP contribution in [0.3, 0.4) is 0 Å². The van der Waals surface area contributed by atoms with Crippen molar-refractivity contribution in [3.63, 3.8) is 0 Å². The number of aryl methyl sites for hydroxylation is 1. The van der Waals surface area contributed by atoms with Crippen LogP contribution in [0.1, 0.15) is 29.3 Å². The van der Waals surface area contributed by atoms with Crippen molar-refractivity contribution >= 4 is 6.29 Å². The third-order valence-electron chi connectivity index (χ3n) is 2.42. The predicted molar refractivity (Wildman–Crippen MR) is 63.1 cm³/mol. The molecule has 16 heavy (non-hydrogen) atoms. The number of carbonyl (C=O) groups excluding carboxylic acids is 1. The summed E-state index contributed by atoms with van der Waals surface area (Å²) in [5, 5.41) is 0. The van der Waals surface area contributed by atoms with Gasteiger partial charge >= 0.3 is 0 Å². The molecule has 1 rings (SSSR count). The number of methoxy groups -OCH3 is 1. The van der Waals surface area contributed by atoms with Crippen molar-refractivity contribution in [1.29, 1.82) is 0 Å². The highest BCUT2D eigenvalue weighted by atomic mass is 16.5. The second-order valence-electron chi connectivity index (χ2n) is 3.82. The first kappa shape index (κ1) is 12.7. The van der Waals surface area contributed by atoms with E-state index >= 15 is 0 Å². The molecular formula is C13H18O3. The molecule has 0 aliphatic carbocycles. The maximum atomic E-state index is 10.9. The highest BCUT2D eigenvalue weighted by Gasteiger charge is 2.10. The number of rotatable bonds is 6. The maximum absolute atomic E-state index is 10.9. The molecule has 0 aromatic heterocycles. The van der Waals surface area contributed by atoms with Crippen LogP contribution in [0.5, 0.6) is 5.75 Å². The number of benzene rings is 1. The molecule has 0 fully saturated rings. The van der Waals surface area contributed by atoms with Crippen molar-refractivity contribution in [2.75, 3.05) is 13.7 Å². The molecule has 0 aliphatic rings. The normalized spacial score (nSPS) is 12.2. The summed E-state index contributed by atoms with van der Waals surface area (Å²) in [5.41, 5.74) is 1.58. The van der Waals surface area contributed by atoms with Crippen molar-refractivity contribution in [2.45, 2.75) is 26.4 Å². The van der Waals surface area contributed by atoms with Crippen LogP contribution in [0.15, 0.2) is 18.2 Å². The van der Waals surface area contributed by atoms with Gasteiger partial charge in [0.05, 0.1) is 11.7 Å². The van der Waals surface area contributed by atoms with Gasteiger partial charge in [-0.25, -0.2) is 0 Å². The fourth-order valence-corrected chi connectivity index (χ4v) is 1.47. The van der Waals surface area contributed by atoms with E-state index in [0.29, 0.717) is 17.9 Å². The number of para-hydroxylation sites is 1. The molecule has 0 N–H and O–H groups in total. The Balaban J connectivity index is 2.75. The molecule has 88 valence electrons. The number of aldehydes is 1. The summed E-state index contributed by atoms with van der Waals surface area (Å²) < 4.78 is 10.7. The summed E-state index contributed by atoms with van der Waals surface area (Å²) in [6.07, 6.45) is 1.67. The number of hydrogen-bond donors (Lipinski definition) is 0. The number of hydrogen-bond acceptors (Lipinski definition) is 3. The van der Waals surface area contributed by atoms with E-state index in [-0.39, 0.29) is 6.10 Å². The summed E-state index contributed by atoms with van der Waals surface area (Å²) in [4.78, 5) is 10.9. The molecule has 0 bridgehead atoms.